The van der Waals surface area contributed by atoms with Gasteiger partial charge in [0.2, 0.25) is 0 Å². The van der Waals surface area contributed by atoms with Crippen LogP contribution in [-0.4, -0.2) is 24.4 Å². The summed E-state index contributed by atoms with van der Waals surface area (Å²) in [5.74, 6) is -0.775. The Morgan fingerprint density at radius 3 is 2.27 bits per heavy atom. The Kier molecular flexibility index (Phi) is 6.14. The first-order chi connectivity index (χ1) is 14.1. The summed E-state index contributed by atoms with van der Waals surface area (Å²) in [5, 5.41) is 6.29. The molecule has 3 aromatic rings. The Labute approximate surface area is 171 Å². The second kappa shape index (κ2) is 8.61. The molecule has 2 aromatic carbocycles. The van der Waals surface area contributed by atoms with Crippen LogP contribution in [0, 0.1) is 5.92 Å². The van der Waals surface area contributed by atoms with Crippen LogP contribution in [0.4, 0.5) is 13.2 Å². The van der Waals surface area contributed by atoms with Crippen LogP contribution in [0.15, 0.2) is 59.0 Å². The van der Waals surface area contributed by atoms with Crippen molar-refractivity contribution in [2.75, 3.05) is 6.54 Å². The summed E-state index contributed by atoms with van der Waals surface area (Å²) in [4.78, 5) is 24.8. The van der Waals surface area contributed by atoms with Crippen molar-refractivity contribution in [2.24, 2.45) is 5.92 Å². The molecule has 158 valence electrons. The third-order valence-corrected chi connectivity index (χ3v) is 4.73. The summed E-state index contributed by atoms with van der Waals surface area (Å²) >= 11 is 0. The Balaban J connectivity index is 1.62. The molecule has 0 aliphatic carbocycles. The number of para-hydroxylation sites is 1. The maximum Gasteiger partial charge on any atom is 0.416 e. The average molecular weight is 418 g/mol. The van der Waals surface area contributed by atoms with E-state index < -0.39 is 29.6 Å². The van der Waals surface area contributed by atoms with E-state index in [-0.39, 0.29) is 23.8 Å². The van der Waals surface area contributed by atoms with E-state index in [1.165, 1.54) is 0 Å². The summed E-state index contributed by atoms with van der Waals surface area (Å²) in [5.41, 5.74) is -0.120. The van der Waals surface area contributed by atoms with E-state index in [4.69, 9.17) is 4.42 Å². The second-order valence-corrected chi connectivity index (χ2v) is 7.26. The van der Waals surface area contributed by atoms with E-state index in [2.05, 4.69) is 10.6 Å². The van der Waals surface area contributed by atoms with Crippen LogP contribution in [0.2, 0.25) is 0 Å². The molecule has 1 atom stereocenters. The summed E-state index contributed by atoms with van der Waals surface area (Å²) in [6.45, 7) is 3.88. The highest BCUT2D eigenvalue weighted by molar-refractivity contribution is 5.96. The molecule has 0 aliphatic heterocycles. The summed E-state index contributed by atoms with van der Waals surface area (Å²) in [6, 6.07) is 12.4. The minimum atomic E-state index is -4.46. The van der Waals surface area contributed by atoms with Gasteiger partial charge in [-0.2, -0.15) is 13.2 Å². The van der Waals surface area contributed by atoms with Crippen molar-refractivity contribution >= 4 is 22.8 Å². The molecule has 8 heteroatoms. The zero-order valence-electron chi connectivity index (χ0n) is 16.4. The number of rotatable bonds is 6. The fraction of sp³-hybridized carbons (Fsp3) is 0.273. The van der Waals surface area contributed by atoms with Crippen molar-refractivity contribution in [2.45, 2.75) is 26.1 Å². The fourth-order valence-electron chi connectivity index (χ4n) is 2.90. The molecule has 0 unspecified atom stereocenters. The van der Waals surface area contributed by atoms with Crippen LogP contribution in [-0.2, 0) is 6.18 Å². The lowest BCUT2D eigenvalue weighted by molar-refractivity contribution is -0.137. The van der Waals surface area contributed by atoms with Gasteiger partial charge in [0, 0.05) is 23.5 Å². The van der Waals surface area contributed by atoms with Crippen LogP contribution < -0.4 is 10.6 Å². The normalized spacial score (nSPS) is 12.7. The number of furan rings is 1. The minimum Gasteiger partial charge on any atom is -0.451 e. The van der Waals surface area contributed by atoms with Gasteiger partial charge in [-0.25, -0.2) is 0 Å². The number of carbonyl (C=O) groups excluding carboxylic acids is 2. The quantitative estimate of drug-likeness (QED) is 0.613. The maximum absolute atomic E-state index is 12.6. The lowest BCUT2D eigenvalue weighted by atomic mass is 10.0. The average Bonchev–Trinajstić information content (AvgIpc) is 3.14. The number of amides is 2. The van der Waals surface area contributed by atoms with Crippen molar-refractivity contribution in [1.29, 1.82) is 0 Å². The van der Waals surface area contributed by atoms with Crippen molar-refractivity contribution in [3.63, 3.8) is 0 Å². The van der Waals surface area contributed by atoms with Crippen LogP contribution in [0.5, 0.6) is 0 Å². The molecule has 2 N–H and O–H groups in total. The van der Waals surface area contributed by atoms with Gasteiger partial charge >= 0.3 is 6.18 Å². The standard InChI is InChI=1S/C22H21F3N2O3/c1-13(2)17(27-21(29)19-11-15-5-3-4-6-18(15)30-19)12-26-20(28)14-7-9-16(10-8-14)22(23,24)25/h3-11,13,17H,12H2,1-2H3,(H,26,28)(H,27,29)/t17-/m1/s1. The van der Waals surface area contributed by atoms with Gasteiger partial charge in [-0.1, -0.05) is 32.0 Å². The molecule has 2 amide bonds. The number of benzene rings is 2. The van der Waals surface area contributed by atoms with Gasteiger partial charge in [0.1, 0.15) is 5.58 Å². The van der Waals surface area contributed by atoms with E-state index in [9.17, 15) is 22.8 Å². The molecule has 5 nitrogen and oxygen atoms in total. The molecular weight excluding hydrogens is 397 g/mol. The van der Waals surface area contributed by atoms with Gasteiger partial charge in [-0.05, 0) is 42.3 Å². The van der Waals surface area contributed by atoms with E-state index in [0.717, 1.165) is 29.7 Å². The molecule has 0 bridgehead atoms. The molecular formula is C22H21F3N2O3. The SMILES string of the molecule is CC(C)[C@@H](CNC(=O)c1ccc(C(F)(F)F)cc1)NC(=O)c1cc2ccccc2o1. The van der Waals surface area contributed by atoms with Crippen LogP contribution in [0.3, 0.4) is 0 Å². The maximum atomic E-state index is 12.6. The minimum absolute atomic E-state index is 0.00812. The molecule has 0 fully saturated rings. The van der Waals surface area contributed by atoms with Crippen LogP contribution >= 0.6 is 0 Å². The highest BCUT2D eigenvalue weighted by Crippen LogP contribution is 2.29. The largest absolute Gasteiger partial charge is 0.451 e. The van der Waals surface area contributed by atoms with Crippen LogP contribution in [0.25, 0.3) is 11.0 Å². The van der Waals surface area contributed by atoms with E-state index >= 15 is 0 Å². The first kappa shape index (κ1) is 21.4. The molecule has 30 heavy (non-hydrogen) atoms. The van der Waals surface area contributed by atoms with Crippen molar-refractivity contribution < 1.29 is 27.2 Å². The molecule has 0 aliphatic rings. The van der Waals surface area contributed by atoms with Crippen molar-refractivity contribution in [3.05, 3.63) is 71.5 Å². The molecule has 1 heterocycles. The smallest absolute Gasteiger partial charge is 0.416 e. The molecule has 0 radical (unpaired) electrons. The van der Waals surface area contributed by atoms with E-state index in [1.807, 2.05) is 26.0 Å². The van der Waals surface area contributed by atoms with Crippen molar-refractivity contribution in [1.82, 2.24) is 10.6 Å². The number of nitrogens with one attached hydrogen (secondary N) is 2. The number of halogens is 3. The second-order valence-electron chi connectivity index (χ2n) is 7.26. The third kappa shape index (κ3) is 5.00. The van der Waals surface area contributed by atoms with Gasteiger partial charge in [0.25, 0.3) is 11.8 Å². The monoisotopic (exact) mass is 418 g/mol. The zero-order chi connectivity index (χ0) is 21.9. The van der Waals surface area contributed by atoms with E-state index in [0.29, 0.717) is 5.58 Å². The highest BCUT2D eigenvalue weighted by atomic mass is 19.4. The Bertz CT molecular complexity index is 1010. The fourth-order valence-corrected chi connectivity index (χ4v) is 2.90. The first-order valence-corrected chi connectivity index (χ1v) is 9.40. The van der Waals surface area contributed by atoms with E-state index in [1.54, 1.807) is 18.2 Å². The Hall–Kier alpha value is -3.29. The predicted octanol–water partition coefficient (Wildman–Crippen LogP) is 4.64. The molecule has 3 rings (SSSR count). The lowest BCUT2D eigenvalue weighted by Gasteiger charge is -2.22. The predicted molar refractivity (Wildman–Crippen MR) is 106 cm³/mol. The van der Waals surface area contributed by atoms with Gasteiger partial charge in [-0.15, -0.1) is 0 Å². The molecule has 0 saturated carbocycles. The lowest BCUT2D eigenvalue weighted by Crippen LogP contribution is -2.46. The third-order valence-electron chi connectivity index (χ3n) is 4.73. The number of hydrogen-bond acceptors (Lipinski definition) is 3. The Morgan fingerprint density at radius 2 is 1.67 bits per heavy atom. The van der Waals surface area contributed by atoms with Crippen LogP contribution in [0.1, 0.15) is 40.3 Å². The molecule has 1 aromatic heterocycles. The Morgan fingerprint density at radius 1 is 1.00 bits per heavy atom. The number of hydrogen-bond donors (Lipinski definition) is 2. The van der Waals surface area contributed by atoms with Gasteiger partial charge < -0.3 is 15.1 Å². The topological polar surface area (TPSA) is 71.3 Å². The highest BCUT2D eigenvalue weighted by Gasteiger charge is 2.30. The van der Waals surface area contributed by atoms with Gasteiger partial charge in [0.15, 0.2) is 5.76 Å². The first-order valence-electron chi connectivity index (χ1n) is 9.40. The van der Waals surface area contributed by atoms with Gasteiger partial charge in [-0.3, -0.25) is 9.59 Å². The van der Waals surface area contributed by atoms with Gasteiger partial charge in [0.05, 0.1) is 5.56 Å². The van der Waals surface area contributed by atoms with Crippen molar-refractivity contribution in [3.8, 4) is 0 Å². The summed E-state index contributed by atoms with van der Waals surface area (Å²) < 4.78 is 43.5. The number of fused-ring (bicyclic) bond motifs is 1. The molecule has 0 spiro atoms. The molecule has 0 saturated heterocycles. The zero-order valence-corrected chi connectivity index (χ0v) is 16.4. The number of alkyl halides is 3. The number of carbonyl (C=O) groups is 2. The summed E-state index contributed by atoms with van der Waals surface area (Å²) in [7, 11) is 0. The summed E-state index contributed by atoms with van der Waals surface area (Å²) in [6.07, 6.45) is -4.46.